The number of benzene rings is 1. The van der Waals surface area contributed by atoms with E-state index in [2.05, 4.69) is 20.6 Å². The van der Waals surface area contributed by atoms with E-state index in [9.17, 15) is 10.1 Å². The lowest BCUT2D eigenvalue weighted by Crippen LogP contribution is -2.20. The van der Waals surface area contributed by atoms with Crippen LogP contribution in [0.25, 0.3) is 0 Å². The first-order valence-electron chi connectivity index (χ1n) is 8.84. The maximum atomic E-state index is 11.7. The van der Waals surface area contributed by atoms with Gasteiger partial charge in [-0.1, -0.05) is 43.4 Å². The lowest BCUT2D eigenvalue weighted by atomic mass is 10.1. The van der Waals surface area contributed by atoms with E-state index in [1.807, 2.05) is 13.0 Å². The number of anilines is 3. The average Bonchev–Trinajstić information content (AvgIpc) is 2.87. The summed E-state index contributed by atoms with van der Waals surface area (Å²) in [5, 5.41) is 18.6. The molecule has 0 unspecified atom stereocenters. The number of halogens is 1. The molecule has 0 radical (unpaired) electrons. The number of hydrogen-bond acceptors (Lipinski definition) is 6. The Morgan fingerprint density at radius 2 is 1.85 bits per heavy atom. The number of hydrogen-bond donors (Lipinski definition) is 2. The van der Waals surface area contributed by atoms with E-state index >= 15 is 0 Å². The van der Waals surface area contributed by atoms with Gasteiger partial charge in [0, 0.05) is 16.8 Å². The minimum atomic E-state index is -0.443. The van der Waals surface area contributed by atoms with Crippen molar-refractivity contribution in [2.75, 3.05) is 10.6 Å². The van der Waals surface area contributed by atoms with Crippen molar-refractivity contribution in [1.29, 1.82) is 0 Å². The molecule has 1 aliphatic carbocycles. The summed E-state index contributed by atoms with van der Waals surface area (Å²) in [4.78, 5) is 19.5. The maximum absolute atomic E-state index is 11.7. The van der Waals surface area contributed by atoms with Gasteiger partial charge in [0.2, 0.25) is 11.6 Å². The fourth-order valence-electron chi connectivity index (χ4n) is 3.24. The molecular formula is C18H22ClN5O2. The van der Waals surface area contributed by atoms with Gasteiger partial charge in [-0.25, -0.2) is 9.97 Å². The Bertz CT molecular complexity index is 791. The summed E-state index contributed by atoms with van der Waals surface area (Å²) in [6.45, 7) is 1.85. The minimum Gasteiger partial charge on any atom is -0.361 e. The first kappa shape index (κ1) is 18.4. The normalized spacial score (nSPS) is 15.3. The third kappa shape index (κ3) is 4.22. The second-order valence-electron chi connectivity index (χ2n) is 6.55. The molecule has 1 fully saturated rings. The van der Waals surface area contributed by atoms with E-state index in [0.29, 0.717) is 10.7 Å². The maximum Gasteiger partial charge on any atom is 0.353 e. The number of nitrogens with zero attached hydrogens (tertiary/aromatic N) is 3. The Labute approximate surface area is 157 Å². The number of nitro groups is 1. The Kier molecular flexibility index (Phi) is 5.88. The first-order chi connectivity index (χ1) is 12.6. The van der Waals surface area contributed by atoms with Crippen LogP contribution in [0.2, 0.25) is 5.02 Å². The van der Waals surface area contributed by atoms with E-state index in [1.54, 1.807) is 12.1 Å². The van der Waals surface area contributed by atoms with Crippen LogP contribution in [-0.2, 0) is 0 Å². The summed E-state index contributed by atoms with van der Waals surface area (Å²) in [5.41, 5.74) is 1.34. The van der Waals surface area contributed by atoms with Gasteiger partial charge in [-0.15, -0.1) is 0 Å². The molecule has 1 aromatic carbocycles. The smallest absolute Gasteiger partial charge is 0.353 e. The fourth-order valence-corrected chi connectivity index (χ4v) is 3.41. The summed E-state index contributed by atoms with van der Waals surface area (Å²) in [6, 6.07) is 5.57. The van der Waals surface area contributed by atoms with E-state index < -0.39 is 4.92 Å². The van der Waals surface area contributed by atoms with Crippen molar-refractivity contribution in [2.24, 2.45) is 0 Å². The van der Waals surface area contributed by atoms with Gasteiger partial charge in [-0.3, -0.25) is 10.1 Å². The highest BCUT2D eigenvalue weighted by atomic mass is 35.5. The van der Waals surface area contributed by atoms with Gasteiger partial charge in [0.15, 0.2) is 0 Å². The molecular weight excluding hydrogens is 354 g/mol. The van der Waals surface area contributed by atoms with E-state index in [4.69, 9.17) is 11.6 Å². The molecule has 1 aromatic heterocycles. The third-order valence-corrected chi connectivity index (χ3v) is 5.13. The van der Waals surface area contributed by atoms with Crippen LogP contribution in [0.15, 0.2) is 24.5 Å². The van der Waals surface area contributed by atoms with E-state index in [-0.39, 0.29) is 23.4 Å². The first-order valence-corrected chi connectivity index (χ1v) is 9.22. The monoisotopic (exact) mass is 375 g/mol. The molecule has 8 heteroatoms. The Morgan fingerprint density at radius 1 is 1.15 bits per heavy atom. The molecule has 1 aliphatic rings. The molecule has 0 bridgehead atoms. The molecule has 0 saturated heterocycles. The summed E-state index contributed by atoms with van der Waals surface area (Å²) >= 11 is 6.14. The van der Waals surface area contributed by atoms with Gasteiger partial charge < -0.3 is 10.6 Å². The number of aromatic nitrogens is 2. The van der Waals surface area contributed by atoms with Gasteiger partial charge in [0.05, 0.1) is 4.92 Å². The van der Waals surface area contributed by atoms with E-state index in [0.717, 1.165) is 31.2 Å². The van der Waals surface area contributed by atoms with Crippen molar-refractivity contribution < 1.29 is 4.92 Å². The SMILES string of the molecule is Cc1c(Cl)cccc1Nc1ncnc(NC2CCCCCC2)c1[N+](=O)[O-]. The zero-order valence-corrected chi connectivity index (χ0v) is 15.4. The van der Waals surface area contributed by atoms with Crippen LogP contribution in [0.5, 0.6) is 0 Å². The minimum absolute atomic E-state index is 0.142. The highest BCUT2D eigenvalue weighted by molar-refractivity contribution is 6.31. The van der Waals surface area contributed by atoms with Crippen molar-refractivity contribution in [3.05, 3.63) is 45.2 Å². The van der Waals surface area contributed by atoms with Crippen LogP contribution in [0.4, 0.5) is 23.0 Å². The van der Waals surface area contributed by atoms with Crippen LogP contribution in [-0.4, -0.2) is 20.9 Å². The van der Waals surface area contributed by atoms with Gasteiger partial charge >= 0.3 is 5.69 Å². The van der Waals surface area contributed by atoms with Crippen LogP contribution in [0.3, 0.4) is 0 Å². The lowest BCUT2D eigenvalue weighted by Gasteiger charge is -2.17. The second-order valence-corrected chi connectivity index (χ2v) is 6.95. The molecule has 26 heavy (non-hydrogen) atoms. The summed E-state index contributed by atoms with van der Waals surface area (Å²) in [7, 11) is 0. The zero-order valence-electron chi connectivity index (χ0n) is 14.7. The van der Waals surface area contributed by atoms with Crippen LogP contribution < -0.4 is 10.6 Å². The van der Waals surface area contributed by atoms with Crippen LogP contribution in [0, 0.1) is 17.0 Å². The predicted octanol–water partition coefficient (Wildman–Crippen LogP) is 5.22. The Morgan fingerprint density at radius 3 is 2.54 bits per heavy atom. The predicted molar refractivity (Wildman–Crippen MR) is 103 cm³/mol. The van der Waals surface area contributed by atoms with Crippen molar-refractivity contribution in [1.82, 2.24) is 9.97 Å². The summed E-state index contributed by atoms with van der Waals surface area (Å²) in [5.74, 6) is 0.422. The molecule has 3 rings (SSSR count). The van der Waals surface area contributed by atoms with Gasteiger partial charge in [0.1, 0.15) is 6.33 Å². The number of nitrogens with one attached hydrogen (secondary N) is 2. The highest BCUT2D eigenvalue weighted by Crippen LogP contribution is 2.34. The van der Waals surface area contributed by atoms with Crippen molar-refractivity contribution in [2.45, 2.75) is 51.5 Å². The highest BCUT2D eigenvalue weighted by Gasteiger charge is 2.25. The van der Waals surface area contributed by atoms with Gasteiger partial charge in [-0.05, 0) is 37.5 Å². The van der Waals surface area contributed by atoms with Crippen molar-refractivity contribution in [3.63, 3.8) is 0 Å². The Balaban J connectivity index is 1.90. The largest absolute Gasteiger partial charge is 0.361 e. The van der Waals surface area contributed by atoms with Crippen LogP contribution in [0.1, 0.15) is 44.1 Å². The second kappa shape index (κ2) is 8.31. The lowest BCUT2D eigenvalue weighted by molar-refractivity contribution is -0.383. The van der Waals surface area contributed by atoms with Gasteiger partial charge in [-0.2, -0.15) is 0 Å². The quantitative estimate of drug-likeness (QED) is 0.422. The third-order valence-electron chi connectivity index (χ3n) is 4.72. The molecule has 2 aromatic rings. The van der Waals surface area contributed by atoms with Crippen molar-refractivity contribution >= 4 is 34.6 Å². The summed E-state index contributed by atoms with van der Waals surface area (Å²) in [6.07, 6.45) is 8.02. The molecule has 0 spiro atoms. The van der Waals surface area contributed by atoms with Gasteiger partial charge in [0.25, 0.3) is 0 Å². The average molecular weight is 376 g/mol. The Hall–Kier alpha value is -2.41. The molecule has 1 saturated carbocycles. The summed E-state index contributed by atoms with van der Waals surface area (Å²) < 4.78 is 0. The molecule has 1 heterocycles. The molecule has 7 nitrogen and oxygen atoms in total. The van der Waals surface area contributed by atoms with Crippen molar-refractivity contribution in [3.8, 4) is 0 Å². The fraction of sp³-hybridized carbons (Fsp3) is 0.444. The standard InChI is InChI=1S/C18H22ClN5O2/c1-12-14(19)9-6-10-15(12)23-18-16(24(25)26)17(20-11-21-18)22-13-7-4-2-3-5-8-13/h6,9-11,13H,2-5,7-8H2,1H3,(H2,20,21,22,23). The molecule has 0 amide bonds. The molecule has 0 aliphatic heterocycles. The zero-order chi connectivity index (χ0) is 18.5. The van der Waals surface area contributed by atoms with Crippen LogP contribution >= 0.6 is 11.6 Å². The number of rotatable bonds is 5. The topological polar surface area (TPSA) is 93.0 Å². The molecule has 0 atom stereocenters. The molecule has 138 valence electrons. The van der Waals surface area contributed by atoms with E-state index in [1.165, 1.54) is 19.2 Å². The molecule has 2 N–H and O–H groups in total.